The lowest BCUT2D eigenvalue weighted by Crippen LogP contribution is -2.37. The summed E-state index contributed by atoms with van der Waals surface area (Å²) in [4.78, 5) is 21.6. The second kappa shape index (κ2) is 7.95. The van der Waals surface area contributed by atoms with Crippen molar-refractivity contribution in [1.29, 1.82) is 0 Å². The molecule has 0 fully saturated rings. The smallest absolute Gasteiger partial charge is 0.233 e. The minimum absolute atomic E-state index is 0.00846. The third-order valence-electron chi connectivity index (χ3n) is 4.43. The largest absolute Gasteiger partial charge is 0.454 e. The molecule has 0 N–H and O–H groups in total. The molecule has 146 valence electrons. The van der Waals surface area contributed by atoms with E-state index in [1.807, 2.05) is 55.4 Å². The molecule has 4 rings (SSSR count). The zero-order valence-corrected chi connectivity index (χ0v) is 17.2. The highest BCUT2D eigenvalue weighted by molar-refractivity contribution is 7.22. The van der Waals surface area contributed by atoms with Crippen LogP contribution >= 0.6 is 22.9 Å². The van der Waals surface area contributed by atoms with Gasteiger partial charge in [0.2, 0.25) is 12.7 Å². The minimum atomic E-state index is -0.00846. The van der Waals surface area contributed by atoms with Crippen molar-refractivity contribution in [1.82, 2.24) is 9.88 Å². The highest BCUT2D eigenvalue weighted by Crippen LogP contribution is 2.34. The summed E-state index contributed by atoms with van der Waals surface area (Å²) in [7, 11) is 3.97. The molecule has 0 atom stereocenters. The predicted molar refractivity (Wildman–Crippen MR) is 112 cm³/mol. The van der Waals surface area contributed by atoms with Crippen LogP contribution in [0.15, 0.2) is 36.4 Å². The van der Waals surface area contributed by atoms with Crippen molar-refractivity contribution in [2.24, 2.45) is 0 Å². The maximum atomic E-state index is 13.1. The standard InChI is InChI=1S/C20H20ClN3O3S/c1-23(2)7-8-24(20-22-15-5-4-14(21)11-18(15)28-20)19(25)10-13-3-6-16-17(9-13)27-12-26-16/h3-6,9,11H,7-8,10,12H2,1-2H3. The summed E-state index contributed by atoms with van der Waals surface area (Å²) in [6, 6.07) is 11.2. The van der Waals surface area contributed by atoms with Gasteiger partial charge in [-0.3, -0.25) is 9.69 Å². The third-order valence-corrected chi connectivity index (χ3v) is 5.71. The van der Waals surface area contributed by atoms with E-state index in [-0.39, 0.29) is 19.1 Å². The number of carbonyl (C=O) groups is 1. The first-order valence-electron chi connectivity index (χ1n) is 8.89. The molecule has 8 heteroatoms. The molecule has 1 aliphatic heterocycles. The lowest BCUT2D eigenvalue weighted by Gasteiger charge is -2.22. The molecule has 0 saturated heterocycles. The second-order valence-corrected chi connectivity index (χ2v) is 8.27. The van der Waals surface area contributed by atoms with E-state index in [4.69, 9.17) is 21.1 Å². The molecule has 28 heavy (non-hydrogen) atoms. The van der Waals surface area contributed by atoms with Crippen molar-refractivity contribution >= 4 is 44.2 Å². The van der Waals surface area contributed by atoms with E-state index < -0.39 is 0 Å². The second-order valence-electron chi connectivity index (χ2n) is 6.82. The van der Waals surface area contributed by atoms with Gasteiger partial charge in [0, 0.05) is 18.1 Å². The van der Waals surface area contributed by atoms with Crippen LogP contribution in [0.2, 0.25) is 5.02 Å². The van der Waals surface area contributed by atoms with Crippen LogP contribution in [0.4, 0.5) is 5.13 Å². The number of ether oxygens (including phenoxy) is 2. The number of anilines is 1. The zero-order valence-electron chi connectivity index (χ0n) is 15.6. The number of likely N-dealkylation sites (N-methyl/N-ethyl adjacent to an activating group) is 1. The number of fused-ring (bicyclic) bond motifs is 2. The molecule has 0 aliphatic carbocycles. The molecule has 0 saturated carbocycles. The first-order chi connectivity index (χ1) is 13.5. The van der Waals surface area contributed by atoms with E-state index in [1.165, 1.54) is 11.3 Å². The molecule has 1 aromatic heterocycles. The molecule has 0 radical (unpaired) electrons. The first kappa shape index (κ1) is 19.0. The Morgan fingerprint density at radius 2 is 1.96 bits per heavy atom. The van der Waals surface area contributed by atoms with Gasteiger partial charge in [-0.2, -0.15) is 0 Å². The summed E-state index contributed by atoms with van der Waals surface area (Å²) < 4.78 is 11.7. The highest BCUT2D eigenvalue weighted by atomic mass is 35.5. The Balaban J connectivity index is 1.59. The maximum absolute atomic E-state index is 13.1. The number of hydrogen-bond donors (Lipinski definition) is 0. The summed E-state index contributed by atoms with van der Waals surface area (Å²) in [6.45, 7) is 1.52. The lowest BCUT2D eigenvalue weighted by atomic mass is 10.1. The van der Waals surface area contributed by atoms with Crippen LogP contribution in [0.5, 0.6) is 11.5 Å². The van der Waals surface area contributed by atoms with Crippen LogP contribution < -0.4 is 14.4 Å². The fourth-order valence-electron chi connectivity index (χ4n) is 2.95. The Labute approximate surface area is 172 Å². The normalized spacial score (nSPS) is 12.7. The molecule has 0 unspecified atom stereocenters. The lowest BCUT2D eigenvalue weighted by molar-refractivity contribution is -0.118. The van der Waals surface area contributed by atoms with Gasteiger partial charge in [-0.05, 0) is 50.0 Å². The summed E-state index contributed by atoms with van der Waals surface area (Å²) in [6.07, 6.45) is 0.265. The van der Waals surface area contributed by atoms with E-state index >= 15 is 0 Å². The Hall–Kier alpha value is -2.35. The maximum Gasteiger partial charge on any atom is 0.233 e. The monoisotopic (exact) mass is 417 g/mol. The summed E-state index contributed by atoms with van der Waals surface area (Å²) in [5.41, 5.74) is 1.73. The SMILES string of the molecule is CN(C)CCN(C(=O)Cc1ccc2c(c1)OCO2)c1nc2ccc(Cl)cc2s1. The van der Waals surface area contributed by atoms with Crippen molar-refractivity contribution in [3.8, 4) is 11.5 Å². The van der Waals surface area contributed by atoms with Crippen LogP contribution in [0.1, 0.15) is 5.56 Å². The fourth-order valence-corrected chi connectivity index (χ4v) is 4.23. The van der Waals surface area contributed by atoms with Crippen LogP contribution in [0.25, 0.3) is 10.2 Å². The molecule has 1 aliphatic rings. The van der Waals surface area contributed by atoms with Crippen LogP contribution in [0.3, 0.4) is 0 Å². The Morgan fingerprint density at radius 1 is 1.14 bits per heavy atom. The minimum Gasteiger partial charge on any atom is -0.454 e. The summed E-state index contributed by atoms with van der Waals surface area (Å²) >= 11 is 7.57. The molecule has 3 aromatic rings. The van der Waals surface area contributed by atoms with Gasteiger partial charge in [-0.1, -0.05) is 29.0 Å². The van der Waals surface area contributed by atoms with E-state index in [0.717, 1.165) is 22.3 Å². The zero-order chi connectivity index (χ0) is 19.7. The average Bonchev–Trinajstić information content (AvgIpc) is 3.27. The van der Waals surface area contributed by atoms with Gasteiger partial charge >= 0.3 is 0 Å². The molecule has 1 amide bonds. The number of halogens is 1. The molecule has 0 spiro atoms. The van der Waals surface area contributed by atoms with Crippen molar-refractivity contribution in [3.63, 3.8) is 0 Å². The quantitative estimate of drug-likeness (QED) is 0.610. The number of rotatable bonds is 6. The van der Waals surface area contributed by atoms with E-state index in [0.29, 0.717) is 28.2 Å². The number of nitrogens with zero attached hydrogens (tertiary/aromatic N) is 3. The van der Waals surface area contributed by atoms with Gasteiger partial charge in [0.1, 0.15) is 0 Å². The highest BCUT2D eigenvalue weighted by Gasteiger charge is 2.22. The number of hydrogen-bond acceptors (Lipinski definition) is 6. The molecule has 0 bridgehead atoms. The number of carbonyl (C=O) groups excluding carboxylic acids is 1. The molecular weight excluding hydrogens is 398 g/mol. The predicted octanol–water partition coefficient (Wildman–Crippen LogP) is 3.82. The first-order valence-corrected chi connectivity index (χ1v) is 10.1. The van der Waals surface area contributed by atoms with Crippen LogP contribution in [0, 0.1) is 0 Å². The van der Waals surface area contributed by atoms with Crippen molar-refractivity contribution in [3.05, 3.63) is 47.0 Å². The van der Waals surface area contributed by atoms with Gasteiger partial charge in [0.25, 0.3) is 0 Å². The molecule has 6 nitrogen and oxygen atoms in total. The van der Waals surface area contributed by atoms with Crippen molar-refractivity contribution in [2.45, 2.75) is 6.42 Å². The Bertz CT molecular complexity index is 1020. The van der Waals surface area contributed by atoms with Gasteiger partial charge in [0.15, 0.2) is 16.6 Å². The number of aromatic nitrogens is 1. The van der Waals surface area contributed by atoms with Gasteiger partial charge in [0.05, 0.1) is 16.6 Å². The van der Waals surface area contributed by atoms with Crippen molar-refractivity contribution < 1.29 is 14.3 Å². The van der Waals surface area contributed by atoms with Gasteiger partial charge in [-0.15, -0.1) is 0 Å². The van der Waals surface area contributed by atoms with Crippen LogP contribution in [-0.2, 0) is 11.2 Å². The van der Waals surface area contributed by atoms with Gasteiger partial charge in [-0.25, -0.2) is 4.98 Å². The third kappa shape index (κ3) is 4.06. The van der Waals surface area contributed by atoms with Gasteiger partial charge < -0.3 is 14.4 Å². The molecular formula is C20H20ClN3O3S. The molecule has 2 aromatic carbocycles. The fraction of sp³-hybridized carbons (Fsp3) is 0.300. The molecule has 2 heterocycles. The Kier molecular flexibility index (Phi) is 5.39. The summed E-state index contributed by atoms with van der Waals surface area (Å²) in [5, 5.41) is 1.35. The number of benzene rings is 2. The topological polar surface area (TPSA) is 54.9 Å². The van der Waals surface area contributed by atoms with E-state index in [9.17, 15) is 4.79 Å². The van der Waals surface area contributed by atoms with Crippen LogP contribution in [-0.4, -0.2) is 49.8 Å². The van der Waals surface area contributed by atoms with E-state index in [1.54, 1.807) is 4.90 Å². The number of amides is 1. The Morgan fingerprint density at radius 3 is 2.79 bits per heavy atom. The number of thiazole rings is 1. The average molecular weight is 418 g/mol. The van der Waals surface area contributed by atoms with E-state index in [2.05, 4.69) is 4.98 Å². The summed E-state index contributed by atoms with van der Waals surface area (Å²) in [5.74, 6) is 1.38. The van der Waals surface area contributed by atoms with Crippen molar-refractivity contribution in [2.75, 3.05) is 38.9 Å².